The summed E-state index contributed by atoms with van der Waals surface area (Å²) in [5.41, 5.74) is 1.26. The van der Waals surface area contributed by atoms with E-state index in [1.54, 1.807) is 13.3 Å². The molecule has 4 heteroatoms. The van der Waals surface area contributed by atoms with Crippen LogP contribution < -0.4 is 4.74 Å². The summed E-state index contributed by atoms with van der Waals surface area (Å²) >= 11 is 0. The Morgan fingerprint density at radius 1 is 1.22 bits per heavy atom. The highest BCUT2D eigenvalue weighted by Crippen LogP contribution is 2.13. The lowest BCUT2D eigenvalue weighted by Gasteiger charge is -2.06. The first kappa shape index (κ1) is 12.6. The molecule has 18 heavy (non-hydrogen) atoms. The molecule has 0 aliphatic carbocycles. The van der Waals surface area contributed by atoms with Gasteiger partial charge in [-0.3, -0.25) is 0 Å². The van der Waals surface area contributed by atoms with Crippen LogP contribution in [0.4, 0.5) is 0 Å². The SMILES string of the molecule is COc1ccc(CCc2nccn2CCO)cc1. The van der Waals surface area contributed by atoms with Crippen molar-refractivity contribution in [2.24, 2.45) is 0 Å². The molecule has 0 saturated carbocycles. The number of hydrogen-bond acceptors (Lipinski definition) is 3. The summed E-state index contributed by atoms with van der Waals surface area (Å²) in [4.78, 5) is 4.31. The van der Waals surface area contributed by atoms with Gasteiger partial charge in [-0.05, 0) is 24.1 Å². The number of aliphatic hydroxyl groups excluding tert-OH is 1. The van der Waals surface area contributed by atoms with Crippen LogP contribution in [0.5, 0.6) is 5.75 Å². The number of ether oxygens (including phenoxy) is 1. The average molecular weight is 246 g/mol. The molecule has 0 unspecified atom stereocenters. The number of rotatable bonds is 6. The number of aliphatic hydroxyl groups is 1. The number of imidazole rings is 1. The van der Waals surface area contributed by atoms with Gasteiger partial charge in [0.2, 0.25) is 0 Å². The minimum Gasteiger partial charge on any atom is -0.497 e. The minimum atomic E-state index is 0.145. The summed E-state index contributed by atoms with van der Waals surface area (Å²) in [5.74, 6) is 1.89. The molecular formula is C14H18N2O2. The van der Waals surface area contributed by atoms with Crippen LogP contribution in [0, 0.1) is 0 Å². The highest BCUT2D eigenvalue weighted by atomic mass is 16.5. The van der Waals surface area contributed by atoms with E-state index in [0.29, 0.717) is 6.54 Å². The lowest BCUT2D eigenvalue weighted by atomic mass is 10.1. The standard InChI is InChI=1S/C14H18N2O2/c1-18-13-5-2-12(3-6-13)4-7-14-15-8-9-16(14)10-11-17/h2-3,5-6,8-9,17H,4,7,10-11H2,1H3. The fraction of sp³-hybridized carbons (Fsp3) is 0.357. The third kappa shape index (κ3) is 3.11. The molecule has 0 saturated heterocycles. The summed E-state index contributed by atoms with van der Waals surface area (Å²) in [6.45, 7) is 0.754. The van der Waals surface area contributed by atoms with Crippen molar-refractivity contribution in [3.05, 3.63) is 48.0 Å². The number of hydrogen-bond donors (Lipinski definition) is 1. The molecular weight excluding hydrogens is 228 g/mol. The topological polar surface area (TPSA) is 47.3 Å². The molecule has 0 aliphatic heterocycles. The van der Waals surface area contributed by atoms with Crippen LogP contribution in [0.3, 0.4) is 0 Å². The molecule has 1 heterocycles. The van der Waals surface area contributed by atoms with E-state index in [-0.39, 0.29) is 6.61 Å². The van der Waals surface area contributed by atoms with Gasteiger partial charge in [0, 0.05) is 25.4 Å². The predicted molar refractivity (Wildman–Crippen MR) is 69.7 cm³/mol. The van der Waals surface area contributed by atoms with Gasteiger partial charge in [0.25, 0.3) is 0 Å². The Balaban J connectivity index is 1.95. The highest BCUT2D eigenvalue weighted by molar-refractivity contribution is 5.27. The van der Waals surface area contributed by atoms with Crippen molar-refractivity contribution in [1.29, 1.82) is 0 Å². The van der Waals surface area contributed by atoms with Crippen molar-refractivity contribution < 1.29 is 9.84 Å². The smallest absolute Gasteiger partial charge is 0.118 e. The van der Waals surface area contributed by atoms with Crippen LogP contribution in [-0.4, -0.2) is 28.4 Å². The normalized spacial score (nSPS) is 10.6. The summed E-state index contributed by atoms with van der Waals surface area (Å²) in [7, 11) is 1.67. The quantitative estimate of drug-likeness (QED) is 0.843. The van der Waals surface area contributed by atoms with Gasteiger partial charge in [-0.2, -0.15) is 0 Å². The van der Waals surface area contributed by atoms with Gasteiger partial charge in [0.15, 0.2) is 0 Å². The molecule has 1 aromatic heterocycles. The molecule has 0 spiro atoms. The molecule has 2 aromatic rings. The molecule has 0 fully saturated rings. The Morgan fingerprint density at radius 2 is 2.00 bits per heavy atom. The Hall–Kier alpha value is -1.81. The third-order valence-electron chi connectivity index (χ3n) is 2.94. The summed E-state index contributed by atoms with van der Waals surface area (Å²) in [5, 5.41) is 8.94. The Morgan fingerprint density at radius 3 is 2.67 bits per heavy atom. The third-order valence-corrected chi connectivity index (χ3v) is 2.94. The van der Waals surface area contributed by atoms with Crippen LogP contribution in [0.2, 0.25) is 0 Å². The summed E-state index contributed by atoms with van der Waals surface area (Å²) in [6, 6.07) is 8.07. The van der Waals surface area contributed by atoms with Gasteiger partial charge in [-0.25, -0.2) is 4.98 Å². The maximum atomic E-state index is 8.94. The van der Waals surface area contributed by atoms with E-state index in [1.165, 1.54) is 5.56 Å². The zero-order chi connectivity index (χ0) is 12.8. The van der Waals surface area contributed by atoms with Crippen molar-refractivity contribution in [3.8, 4) is 5.75 Å². The molecule has 0 radical (unpaired) electrons. The van der Waals surface area contributed by atoms with E-state index in [9.17, 15) is 0 Å². The Bertz CT molecular complexity index is 477. The zero-order valence-electron chi connectivity index (χ0n) is 10.5. The number of benzene rings is 1. The molecule has 0 aliphatic rings. The van der Waals surface area contributed by atoms with E-state index in [1.807, 2.05) is 22.9 Å². The predicted octanol–water partition coefficient (Wildman–Crippen LogP) is 1.67. The van der Waals surface area contributed by atoms with Gasteiger partial charge in [0.1, 0.15) is 11.6 Å². The Labute approximate surface area is 107 Å². The first-order valence-electron chi connectivity index (χ1n) is 6.07. The molecule has 2 rings (SSSR count). The summed E-state index contributed by atoms with van der Waals surface area (Å²) in [6.07, 6.45) is 5.49. The van der Waals surface area contributed by atoms with E-state index in [0.717, 1.165) is 24.4 Å². The van der Waals surface area contributed by atoms with Gasteiger partial charge in [-0.15, -0.1) is 0 Å². The van der Waals surface area contributed by atoms with Gasteiger partial charge in [0.05, 0.1) is 13.7 Å². The maximum Gasteiger partial charge on any atom is 0.118 e. The Kier molecular flexibility index (Phi) is 4.36. The molecule has 1 aromatic carbocycles. The van der Waals surface area contributed by atoms with Crippen molar-refractivity contribution in [3.63, 3.8) is 0 Å². The average Bonchev–Trinajstić information content (AvgIpc) is 2.85. The lowest BCUT2D eigenvalue weighted by molar-refractivity contribution is 0.274. The van der Waals surface area contributed by atoms with Gasteiger partial charge < -0.3 is 14.4 Å². The van der Waals surface area contributed by atoms with E-state index < -0.39 is 0 Å². The second-order valence-electron chi connectivity index (χ2n) is 4.11. The minimum absolute atomic E-state index is 0.145. The van der Waals surface area contributed by atoms with Crippen LogP contribution in [0.25, 0.3) is 0 Å². The molecule has 0 amide bonds. The van der Waals surface area contributed by atoms with Crippen molar-refractivity contribution >= 4 is 0 Å². The molecule has 0 atom stereocenters. The van der Waals surface area contributed by atoms with Crippen molar-refractivity contribution in [2.75, 3.05) is 13.7 Å². The largest absolute Gasteiger partial charge is 0.497 e. The highest BCUT2D eigenvalue weighted by Gasteiger charge is 2.03. The van der Waals surface area contributed by atoms with Crippen LogP contribution in [0.1, 0.15) is 11.4 Å². The number of methoxy groups -OCH3 is 1. The van der Waals surface area contributed by atoms with Crippen LogP contribution >= 0.6 is 0 Å². The van der Waals surface area contributed by atoms with Crippen LogP contribution in [-0.2, 0) is 19.4 Å². The first-order chi connectivity index (χ1) is 8.83. The van der Waals surface area contributed by atoms with E-state index in [2.05, 4.69) is 17.1 Å². The number of aromatic nitrogens is 2. The monoisotopic (exact) mass is 246 g/mol. The fourth-order valence-electron chi connectivity index (χ4n) is 1.93. The second-order valence-corrected chi connectivity index (χ2v) is 4.11. The number of aryl methyl sites for hydroxylation is 2. The molecule has 4 nitrogen and oxygen atoms in total. The molecule has 0 bridgehead atoms. The van der Waals surface area contributed by atoms with E-state index >= 15 is 0 Å². The maximum absolute atomic E-state index is 8.94. The zero-order valence-corrected chi connectivity index (χ0v) is 10.5. The second kappa shape index (κ2) is 6.21. The van der Waals surface area contributed by atoms with Gasteiger partial charge >= 0.3 is 0 Å². The lowest BCUT2D eigenvalue weighted by Crippen LogP contribution is -2.07. The van der Waals surface area contributed by atoms with Crippen molar-refractivity contribution in [2.45, 2.75) is 19.4 Å². The first-order valence-corrected chi connectivity index (χ1v) is 6.07. The van der Waals surface area contributed by atoms with Gasteiger partial charge in [-0.1, -0.05) is 12.1 Å². The molecule has 1 N–H and O–H groups in total. The van der Waals surface area contributed by atoms with Crippen molar-refractivity contribution in [1.82, 2.24) is 9.55 Å². The van der Waals surface area contributed by atoms with Crippen LogP contribution in [0.15, 0.2) is 36.7 Å². The molecule has 96 valence electrons. The fourth-order valence-corrected chi connectivity index (χ4v) is 1.93. The summed E-state index contributed by atoms with van der Waals surface area (Å²) < 4.78 is 7.12. The number of nitrogens with zero attached hydrogens (tertiary/aromatic N) is 2. The van der Waals surface area contributed by atoms with E-state index in [4.69, 9.17) is 9.84 Å².